The molecule has 1 aliphatic carbocycles. The topological polar surface area (TPSA) is 99.2 Å². The lowest BCUT2D eigenvalue weighted by molar-refractivity contribution is -0.00708. The number of halogens is 1. The van der Waals surface area contributed by atoms with Crippen LogP contribution in [0.15, 0.2) is 24.3 Å². The van der Waals surface area contributed by atoms with Gasteiger partial charge >= 0.3 is 6.09 Å². The number of amides is 1. The summed E-state index contributed by atoms with van der Waals surface area (Å²) >= 11 is 0. The van der Waals surface area contributed by atoms with E-state index < -0.39 is 28.4 Å². The predicted molar refractivity (Wildman–Crippen MR) is 115 cm³/mol. The summed E-state index contributed by atoms with van der Waals surface area (Å²) < 4.78 is 47.9. The van der Waals surface area contributed by atoms with Gasteiger partial charge < -0.3 is 9.84 Å². The second-order valence-electron chi connectivity index (χ2n) is 8.72. The first-order valence-electron chi connectivity index (χ1n) is 10.7. The van der Waals surface area contributed by atoms with Crippen LogP contribution < -0.4 is 4.72 Å². The van der Waals surface area contributed by atoms with Gasteiger partial charge in [-0.1, -0.05) is 12.1 Å². The molecule has 0 radical (unpaired) electrons. The highest BCUT2D eigenvalue weighted by molar-refractivity contribution is 7.87. The summed E-state index contributed by atoms with van der Waals surface area (Å²) in [5.74, 6) is 0.0587. The molecule has 3 rings (SSSR count). The Morgan fingerprint density at radius 1 is 1.29 bits per heavy atom. The number of carbonyl (C=O) groups is 1. The molecule has 1 saturated heterocycles. The van der Waals surface area contributed by atoms with Crippen molar-refractivity contribution < 1.29 is 27.4 Å². The van der Waals surface area contributed by atoms with E-state index in [0.29, 0.717) is 6.42 Å². The van der Waals surface area contributed by atoms with Crippen molar-refractivity contribution in [3.8, 4) is 0 Å². The number of benzene rings is 1. The fraction of sp³-hybridized carbons (Fsp3) is 0.667. The van der Waals surface area contributed by atoms with E-state index in [0.717, 1.165) is 35.6 Å². The Balaban J connectivity index is 1.60. The number of likely N-dealkylation sites (tertiary alicyclic amines) is 1. The summed E-state index contributed by atoms with van der Waals surface area (Å²) in [5.41, 5.74) is 0.998. The molecule has 0 spiro atoms. The zero-order chi connectivity index (χ0) is 22.8. The number of hydrogen-bond acceptors (Lipinski definition) is 4. The average molecular weight is 458 g/mol. The molecule has 10 heteroatoms. The molecule has 2 fully saturated rings. The Labute approximate surface area is 183 Å². The summed E-state index contributed by atoms with van der Waals surface area (Å²) in [6.07, 6.45) is 2.61. The summed E-state index contributed by atoms with van der Waals surface area (Å²) in [6.45, 7) is 1.90. The Kier molecular flexibility index (Phi) is 7.56. The quantitative estimate of drug-likeness (QED) is 0.656. The molecule has 0 aromatic heterocycles. The molecule has 31 heavy (non-hydrogen) atoms. The first-order valence-corrected chi connectivity index (χ1v) is 12.1. The first kappa shape index (κ1) is 23.9. The number of nitrogens with one attached hydrogen (secondary N) is 1. The van der Waals surface area contributed by atoms with Crippen molar-refractivity contribution in [3.63, 3.8) is 0 Å². The summed E-state index contributed by atoms with van der Waals surface area (Å²) in [4.78, 5) is 13.1. The van der Waals surface area contributed by atoms with Gasteiger partial charge in [-0.3, -0.25) is 4.90 Å². The highest BCUT2D eigenvalue weighted by atomic mass is 32.2. The monoisotopic (exact) mass is 457 g/mol. The van der Waals surface area contributed by atoms with E-state index in [-0.39, 0.29) is 30.5 Å². The van der Waals surface area contributed by atoms with Crippen molar-refractivity contribution >= 4 is 16.3 Å². The minimum atomic E-state index is -3.69. The molecule has 1 heterocycles. The van der Waals surface area contributed by atoms with Crippen molar-refractivity contribution in [3.05, 3.63) is 35.6 Å². The molecule has 1 amide bonds. The van der Waals surface area contributed by atoms with Crippen molar-refractivity contribution in [1.29, 1.82) is 0 Å². The minimum Gasteiger partial charge on any atom is -0.465 e. The fourth-order valence-electron chi connectivity index (χ4n) is 4.67. The van der Waals surface area contributed by atoms with Crippen LogP contribution in [-0.2, 0) is 14.9 Å². The van der Waals surface area contributed by atoms with Gasteiger partial charge in [-0.25, -0.2) is 9.18 Å². The second-order valence-corrected chi connectivity index (χ2v) is 10.6. The van der Waals surface area contributed by atoms with Crippen molar-refractivity contribution in [2.45, 2.75) is 69.2 Å². The summed E-state index contributed by atoms with van der Waals surface area (Å²) in [7, 11) is -0.837. The Morgan fingerprint density at radius 3 is 2.55 bits per heavy atom. The van der Waals surface area contributed by atoms with Gasteiger partial charge in [-0.2, -0.15) is 17.4 Å². The van der Waals surface area contributed by atoms with Crippen LogP contribution in [0, 0.1) is 5.82 Å². The molecule has 174 valence electrons. The predicted octanol–water partition coefficient (Wildman–Crippen LogP) is 2.77. The Morgan fingerprint density at radius 2 is 1.97 bits per heavy atom. The number of nitrogens with zero attached hydrogens (tertiary/aromatic N) is 2. The van der Waals surface area contributed by atoms with Crippen LogP contribution >= 0.6 is 0 Å². The van der Waals surface area contributed by atoms with E-state index in [2.05, 4.69) is 4.72 Å². The maximum atomic E-state index is 13.5. The van der Waals surface area contributed by atoms with Gasteiger partial charge in [0.2, 0.25) is 0 Å². The number of rotatable bonds is 7. The first-order chi connectivity index (χ1) is 14.6. The third-order valence-electron chi connectivity index (χ3n) is 6.39. The maximum absolute atomic E-state index is 13.5. The van der Waals surface area contributed by atoms with Gasteiger partial charge in [0, 0.05) is 26.2 Å². The average Bonchev–Trinajstić information content (AvgIpc) is 3.01. The number of carboxylic acid groups (broad SMARTS) is 1. The molecule has 2 aliphatic rings. The lowest BCUT2D eigenvalue weighted by Gasteiger charge is -2.33. The molecule has 3 atom stereocenters. The summed E-state index contributed by atoms with van der Waals surface area (Å²) in [5, 5.41) is 9.65. The molecule has 2 N–H and O–H groups in total. The van der Waals surface area contributed by atoms with Crippen molar-refractivity contribution in [2.24, 2.45) is 0 Å². The minimum absolute atomic E-state index is 0.0255. The highest BCUT2D eigenvalue weighted by Gasteiger charge is 2.44. The SMILES string of the molecule is C[C@@H]1C[C@H](NS(=O)(=O)N(C)C)[C@H](COC2CCC(c3cccc(F)c3)CC2)N1C(=O)O. The van der Waals surface area contributed by atoms with E-state index in [1.54, 1.807) is 19.1 Å². The van der Waals surface area contributed by atoms with Gasteiger partial charge in [-0.15, -0.1) is 0 Å². The Hall–Kier alpha value is -1.75. The van der Waals surface area contributed by atoms with Crippen molar-refractivity contribution in [1.82, 2.24) is 13.9 Å². The van der Waals surface area contributed by atoms with Crippen molar-refractivity contribution in [2.75, 3.05) is 20.7 Å². The molecule has 0 unspecified atom stereocenters. The molecule has 1 aromatic carbocycles. The zero-order valence-electron chi connectivity index (χ0n) is 18.2. The molecular weight excluding hydrogens is 425 g/mol. The lowest BCUT2D eigenvalue weighted by Crippen LogP contribution is -2.52. The largest absolute Gasteiger partial charge is 0.465 e. The molecule has 1 saturated carbocycles. The van der Waals surface area contributed by atoms with E-state index >= 15 is 0 Å². The van der Waals surface area contributed by atoms with Gasteiger partial charge in [0.1, 0.15) is 5.82 Å². The van der Waals surface area contributed by atoms with Crippen LogP contribution in [0.25, 0.3) is 0 Å². The molecule has 1 aliphatic heterocycles. The lowest BCUT2D eigenvalue weighted by atomic mass is 9.82. The summed E-state index contributed by atoms with van der Waals surface area (Å²) in [6, 6.07) is 5.23. The maximum Gasteiger partial charge on any atom is 0.407 e. The zero-order valence-corrected chi connectivity index (χ0v) is 19.0. The Bertz CT molecular complexity index is 874. The molecule has 1 aromatic rings. The van der Waals surface area contributed by atoms with Crippen LogP contribution in [0.4, 0.5) is 9.18 Å². The van der Waals surface area contributed by atoms with E-state index in [9.17, 15) is 22.7 Å². The highest BCUT2D eigenvalue weighted by Crippen LogP contribution is 2.35. The van der Waals surface area contributed by atoms with Crippen LogP contribution in [0.3, 0.4) is 0 Å². The third kappa shape index (κ3) is 5.74. The van der Waals surface area contributed by atoms with Crippen LogP contribution in [0.1, 0.15) is 50.5 Å². The normalized spacial score (nSPS) is 29.5. The number of hydrogen-bond donors (Lipinski definition) is 2. The van der Waals surface area contributed by atoms with E-state index in [1.165, 1.54) is 25.1 Å². The van der Waals surface area contributed by atoms with E-state index in [4.69, 9.17) is 4.74 Å². The molecular formula is C21H32FN3O5S. The molecule has 8 nitrogen and oxygen atoms in total. The standard InChI is InChI=1S/C21H32FN3O5S/c1-14-11-19(23-31(28,29)24(2)3)20(25(14)21(26)27)13-30-18-9-7-15(8-10-18)16-5-4-6-17(22)12-16/h4-6,12,14-15,18-20,23H,7-11,13H2,1-3H3,(H,26,27)/t14-,15?,18?,19+,20+/m1/s1. The van der Waals surface area contributed by atoms with Gasteiger partial charge in [0.15, 0.2) is 0 Å². The molecule has 0 bridgehead atoms. The van der Waals surface area contributed by atoms with Gasteiger partial charge in [0.05, 0.1) is 18.8 Å². The number of ether oxygens (including phenoxy) is 1. The fourth-order valence-corrected chi connectivity index (χ4v) is 5.51. The van der Waals surface area contributed by atoms with E-state index in [1.807, 2.05) is 6.07 Å². The second kappa shape index (κ2) is 9.81. The van der Waals surface area contributed by atoms with Crippen LogP contribution in [0.2, 0.25) is 0 Å². The smallest absolute Gasteiger partial charge is 0.407 e. The van der Waals surface area contributed by atoms with Crippen LogP contribution in [0.5, 0.6) is 0 Å². The van der Waals surface area contributed by atoms with Gasteiger partial charge in [-0.05, 0) is 62.6 Å². The third-order valence-corrected chi connectivity index (χ3v) is 7.95. The van der Waals surface area contributed by atoms with Gasteiger partial charge in [0.25, 0.3) is 10.2 Å². The van der Waals surface area contributed by atoms with Crippen LogP contribution in [-0.4, -0.2) is 73.8 Å².